The van der Waals surface area contributed by atoms with E-state index in [2.05, 4.69) is 15.1 Å². The molecule has 8 nitrogen and oxygen atoms in total. The molecule has 0 aromatic carbocycles. The summed E-state index contributed by atoms with van der Waals surface area (Å²) in [6.45, 7) is 5.82. The summed E-state index contributed by atoms with van der Waals surface area (Å²) in [5.41, 5.74) is 4.82. The lowest BCUT2D eigenvalue weighted by Gasteiger charge is -2.11. The van der Waals surface area contributed by atoms with E-state index in [4.69, 9.17) is 4.74 Å². The van der Waals surface area contributed by atoms with Crippen LogP contribution in [-0.2, 0) is 22.6 Å². The largest absolute Gasteiger partial charge is 0.459 e. The zero-order valence-electron chi connectivity index (χ0n) is 15.8. The molecule has 0 atom stereocenters. The molecule has 0 aliphatic heterocycles. The van der Waals surface area contributed by atoms with Crippen LogP contribution in [-0.4, -0.2) is 30.0 Å². The Bertz CT molecular complexity index is 1250. The SMILES string of the molecule is Cc1cc2nc(C)c(CCC(=O)OCc3cc(=O)n4ccsc4n3)c(C)n2n1. The molecule has 0 N–H and O–H groups in total. The lowest BCUT2D eigenvalue weighted by molar-refractivity contribution is -0.145. The van der Waals surface area contributed by atoms with Crippen LogP contribution in [0.15, 0.2) is 28.5 Å². The van der Waals surface area contributed by atoms with Crippen molar-refractivity contribution in [2.45, 2.75) is 40.2 Å². The predicted octanol–water partition coefficient (Wildman–Crippen LogP) is 2.40. The van der Waals surface area contributed by atoms with Crippen LogP contribution in [0.3, 0.4) is 0 Å². The highest BCUT2D eigenvalue weighted by atomic mass is 32.1. The first-order valence-corrected chi connectivity index (χ1v) is 9.74. The van der Waals surface area contributed by atoms with Crippen molar-refractivity contribution in [1.29, 1.82) is 0 Å². The molecule has 0 saturated carbocycles. The number of hydrogen-bond donors (Lipinski definition) is 0. The van der Waals surface area contributed by atoms with E-state index in [0.717, 1.165) is 28.3 Å². The summed E-state index contributed by atoms with van der Waals surface area (Å²) in [6.07, 6.45) is 2.40. The van der Waals surface area contributed by atoms with E-state index in [1.807, 2.05) is 26.8 Å². The van der Waals surface area contributed by atoms with Gasteiger partial charge in [-0.1, -0.05) is 0 Å². The van der Waals surface area contributed by atoms with E-state index >= 15 is 0 Å². The van der Waals surface area contributed by atoms with E-state index in [1.54, 1.807) is 16.1 Å². The first-order chi connectivity index (χ1) is 13.4. The normalized spacial score (nSPS) is 11.4. The molecule has 28 heavy (non-hydrogen) atoms. The monoisotopic (exact) mass is 397 g/mol. The van der Waals surface area contributed by atoms with Crippen molar-refractivity contribution < 1.29 is 9.53 Å². The van der Waals surface area contributed by atoms with Gasteiger partial charge in [-0.05, 0) is 32.8 Å². The number of aryl methyl sites for hydroxylation is 3. The highest BCUT2D eigenvalue weighted by Gasteiger charge is 2.14. The number of aromatic nitrogens is 5. The number of esters is 1. The van der Waals surface area contributed by atoms with Crippen molar-refractivity contribution in [3.05, 3.63) is 62.4 Å². The van der Waals surface area contributed by atoms with Gasteiger partial charge in [-0.15, -0.1) is 11.3 Å². The second-order valence-electron chi connectivity index (χ2n) is 6.62. The molecule has 0 aliphatic rings. The minimum absolute atomic E-state index is 0.0178. The fourth-order valence-corrected chi connectivity index (χ4v) is 3.96. The number of rotatable bonds is 5. The summed E-state index contributed by atoms with van der Waals surface area (Å²) in [5, 5.41) is 6.23. The van der Waals surface area contributed by atoms with E-state index < -0.39 is 0 Å². The molecule has 0 saturated heterocycles. The van der Waals surface area contributed by atoms with Crippen molar-refractivity contribution in [2.24, 2.45) is 0 Å². The van der Waals surface area contributed by atoms with Crippen LogP contribution in [0.5, 0.6) is 0 Å². The van der Waals surface area contributed by atoms with Crippen LogP contribution < -0.4 is 5.56 Å². The molecular formula is C19H19N5O3S. The smallest absolute Gasteiger partial charge is 0.306 e. The maximum Gasteiger partial charge on any atom is 0.306 e. The Hall–Kier alpha value is -3.07. The molecule has 4 rings (SSSR count). The zero-order chi connectivity index (χ0) is 19.8. The Kier molecular flexibility index (Phi) is 4.68. The van der Waals surface area contributed by atoms with Gasteiger partial charge in [0.1, 0.15) is 6.61 Å². The Labute approximate surface area is 164 Å². The molecule has 0 aliphatic carbocycles. The van der Waals surface area contributed by atoms with Gasteiger partial charge < -0.3 is 4.74 Å². The minimum Gasteiger partial charge on any atom is -0.459 e. The zero-order valence-corrected chi connectivity index (χ0v) is 16.6. The van der Waals surface area contributed by atoms with Gasteiger partial charge in [-0.3, -0.25) is 14.0 Å². The standard InChI is InChI=1S/C19H19N5O3S/c1-11-8-16-20-12(2)15(13(3)24(16)22-11)4-5-18(26)27-10-14-9-17(25)23-6-7-28-19(23)21-14/h6-9H,4-5,10H2,1-3H3. The summed E-state index contributed by atoms with van der Waals surface area (Å²) >= 11 is 1.36. The summed E-state index contributed by atoms with van der Waals surface area (Å²) in [4.78, 5) is 33.7. The molecular weight excluding hydrogens is 378 g/mol. The maximum absolute atomic E-state index is 12.2. The molecule has 0 fully saturated rings. The van der Waals surface area contributed by atoms with Crippen LogP contribution in [0.2, 0.25) is 0 Å². The molecule has 4 aromatic rings. The molecule has 0 bridgehead atoms. The van der Waals surface area contributed by atoms with Crippen LogP contribution in [0, 0.1) is 20.8 Å². The van der Waals surface area contributed by atoms with Gasteiger partial charge >= 0.3 is 5.97 Å². The number of thiazole rings is 1. The van der Waals surface area contributed by atoms with Gasteiger partial charge in [0, 0.05) is 41.5 Å². The molecule has 0 spiro atoms. The maximum atomic E-state index is 12.2. The summed E-state index contributed by atoms with van der Waals surface area (Å²) in [6, 6.07) is 3.32. The van der Waals surface area contributed by atoms with Crippen molar-refractivity contribution in [3.63, 3.8) is 0 Å². The summed E-state index contributed by atoms with van der Waals surface area (Å²) < 4.78 is 8.58. The third-order valence-corrected chi connectivity index (χ3v) is 5.36. The van der Waals surface area contributed by atoms with Crippen LogP contribution in [0.25, 0.3) is 10.6 Å². The number of carbonyl (C=O) groups excluding carboxylic acids is 1. The third-order valence-electron chi connectivity index (χ3n) is 4.60. The van der Waals surface area contributed by atoms with Crippen molar-refractivity contribution in [1.82, 2.24) is 24.0 Å². The Balaban J connectivity index is 1.43. The molecule has 144 valence electrons. The Morgan fingerprint density at radius 1 is 1.21 bits per heavy atom. The van der Waals surface area contributed by atoms with Gasteiger partial charge in [0.2, 0.25) is 0 Å². The lowest BCUT2D eigenvalue weighted by Crippen LogP contribution is -2.15. The second kappa shape index (κ2) is 7.16. The number of carbonyl (C=O) groups is 1. The van der Waals surface area contributed by atoms with Gasteiger partial charge in [0.05, 0.1) is 11.4 Å². The average molecular weight is 397 g/mol. The van der Waals surface area contributed by atoms with E-state index in [-0.39, 0.29) is 24.6 Å². The summed E-state index contributed by atoms with van der Waals surface area (Å²) in [5.74, 6) is -0.344. The topological polar surface area (TPSA) is 90.9 Å². The van der Waals surface area contributed by atoms with Gasteiger partial charge in [-0.25, -0.2) is 14.5 Å². The van der Waals surface area contributed by atoms with Gasteiger partial charge in [-0.2, -0.15) is 5.10 Å². The predicted molar refractivity (Wildman–Crippen MR) is 105 cm³/mol. The van der Waals surface area contributed by atoms with Crippen molar-refractivity contribution in [3.8, 4) is 0 Å². The average Bonchev–Trinajstić information content (AvgIpc) is 3.26. The fraction of sp³-hybridized carbons (Fsp3) is 0.316. The molecule has 0 amide bonds. The molecule has 4 heterocycles. The number of fused-ring (bicyclic) bond motifs is 2. The fourth-order valence-electron chi connectivity index (χ4n) is 3.22. The van der Waals surface area contributed by atoms with Crippen LogP contribution in [0.1, 0.15) is 34.8 Å². The molecule has 0 unspecified atom stereocenters. The Morgan fingerprint density at radius 3 is 2.86 bits per heavy atom. The van der Waals surface area contributed by atoms with Crippen molar-refractivity contribution >= 4 is 27.9 Å². The van der Waals surface area contributed by atoms with Gasteiger partial charge in [0.25, 0.3) is 5.56 Å². The highest BCUT2D eigenvalue weighted by molar-refractivity contribution is 7.15. The molecule has 4 aromatic heterocycles. The van der Waals surface area contributed by atoms with Gasteiger partial charge in [0.15, 0.2) is 10.6 Å². The number of nitrogens with zero attached hydrogens (tertiary/aromatic N) is 5. The molecule has 9 heteroatoms. The van der Waals surface area contributed by atoms with Crippen LogP contribution >= 0.6 is 11.3 Å². The Morgan fingerprint density at radius 2 is 2.04 bits per heavy atom. The summed E-state index contributed by atoms with van der Waals surface area (Å²) in [7, 11) is 0. The first-order valence-electron chi connectivity index (χ1n) is 8.86. The quantitative estimate of drug-likeness (QED) is 0.480. The van der Waals surface area contributed by atoms with E-state index in [1.165, 1.54) is 21.8 Å². The highest BCUT2D eigenvalue weighted by Crippen LogP contribution is 2.17. The van der Waals surface area contributed by atoms with E-state index in [9.17, 15) is 9.59 Å². The third kappa shape index (κ3) is 3.40. The first kappa shape index (κ1) is 18.3. The number of ether oxygens (including phenoxy) is 1. The van der Waals surface area contributed by atoms with Crippen molar-refractivity contribution in [2.75, 3.05) is 0 Å². The number of hydrogen-bond acceptors (Lipinski definition) is 7. The van der Waals surface area contributed by atoms with E-state index in [0.29, 0.717) is 17.1 Å². The second-order valence-corrected chi connectivity index (χ2v) is 7.49. The lowest BCUT2D eigenvalue weighted by atomic mass is 10.1. The molecule has 0 radical (unpaired) electrons. The van der Waals surface area contributed by atoms with Crippen LogP contribution in [0.4, 0.5) is 0 Å². The minimum atomic E-state index is -0.344.